The summed E-state index contributed by atoms with van der Waals surface area (Å²) in [5.41, 5.74) is 2.92. The van der Waals surface area contributed by atoms with E-state index in [-0.39, 0.29) is 5.97 Å². The molecule has 0 unspecified atom stereocenters. The number of fused-ring (bicyclic) bond motifs is 3. The maximum Gasteiger partial charge on any atom is 0.337 e. The second kappa shape index (κ2) is 5.42. The summed E-state index contributed by atoms with van der Waals surface area (Å²) in [6, 6.07) is 7.31. The van der Waals surface area contributed by atoms with Crippen molar-refractivity contribution >= 4 is 27.6 Å². The lowest BCUT2D eigenvalue weighted by atomic mass is 10.0. The fraction of sp³-hybridized carbons (Fsp3) is 0.111. The molecule has 3 heterocycles. The fourth-order valence-electron chi connectivity index (χ4n) is 2.86. The van der Waals surface area contributed by atoms with Crippen LogP contribution in [0.15, 0.2) is 49.1 Å². The first-order valence-corrected chi connectivity index (χ1v) is 7.42. The Labute approximate surface area is 137 Å². The zero-order chi connectivity index (χ0) is 16.7. The van der Waals surface area contributed by atoms with Crippen LogP contribution in [-0.4, -0.2) is 32.8 Å². The van der Waals surface area contributed by atoms with E-state index in [2.05, 4.69) is 10.1 Å². The lowest BCUT2D eigenvalue weighted by Crippen LogP contribution is -2.01. The Morgan fingerprint density at radius 3 is 2.75 bits per heavy atom. The predicted molar refractivity (Wildman–Crippen MR) is 90.6 cm³/mol. The van der Waals surface area contributed by atoms with Gasteiger partial charge in [-0.3, -0.25) is 9.67 Å². The van der Waals surface area contributed by atoms with Gasteiger partial charge in [0.25, 0.3) is 0 Å². The van der Waals surface area contributed by atoms with Gasteiger partial charge in [-0.15, -0.1) is 0 Å². The zero-order valence-corrected chi connectivity index (χ0v) is 13.2. The summed E-state index contributed by atoms with van der Waals surface area (Å²) in [7, 11) is 3.23. The second-order valence-electron chi connectivity index (χ2n) is 5.51. The number of hydrogen-bond acceptors (Lipinski definition) is 5. The number of ether oxygens (including phenoxy) is 1. The Kier molecular flexibility index (Phi) is 3.23. The highest BCUT2D eigenvalue weighted by molar-refractivity contribution is 6.11. The number of pyridine rings is 2. The molecule has 0 saturated heterocycles. The Morgan fingerprint density at radius 2 is 2.00 bits per heavy atom. The maximum atomic E-state index is 11.8. The minimum Gasteiger partial charge on any atom is -0.465 e. The first-order chi connectivity index (χ1) is 11.7. The smallest absolute Gasteiger partial charge is 0.337 e. The molecular weight excluding hydrogens is 304 g/mol. The first-order valence-electron chi connectivity index (χ1n) is 7.42. The van der Waals surface area contributed by atoms with Gasteiger partial charge in [-0.1, -0.05) is 6.07 Å². The number of rotatable bonds is 2. The van der Waals surface area contributed by atoms with Crippen LogP contribution in [0.25, 0.3) is 32.9 Å². The number of aryl methyl sites for hydroxylation is 1. The molecular formula is C18H14N4O2. The maximum absolute atomic E-state index is 11.8. The van der Waals surface area contributed by atoms with E-state index in [1.807, 2.05) is 31.6 Å². The molecule has 0 bridgehead atoms. The summed E-state index contributed by atoms with van der Waals surface area (Å²) >= 11 is 0. The van der Waals surface area contributed by atoms with E-state index >= 15 is 0 Å². The summed E-state index contributed by atoms with van der Waals surface area (Å²) < 4.78 is 6.53. The lowest BCUT2D eigenvalue weighted by molar-refractivity contribution is 0.0601. The Bertz CT molecular complexity index is 1080. The fourth-order valence-corrected chi connectivity index (χ4v) is 2.86. The third kappa shape index (κ3) is 2.20. The highest BCUT2D eigenvalue weighted by Gasteiger charge is 2.14. The van der Waals surface area contributed by atoms with Crippen LogP contribution in [0.2, 0.25) is 0 Å². The van der Waals surface area contributed by atoms with Gasteiger partial charge < -0.3 is 4.74 Å². The number of carbonyl (C=O) groups excluding carboxylic acids is 1. The van der Waals surface area contributed by atoms with E-state index in [1.165, 1.54) is 7.11 Å². The topological polar surface area (TPSA) is 69.9 Å². The van der Waals surface area contributed by atoms with Crippen LogP contribution in [0.5, 0.6) is 0 Å². The molecule has 3 aromatic heterocycles. The normalized spacial score (nSPS) is 11.1. The summed E-state index contributed by atoms with van der Waals surface area (Å²) in [5.74, 6) is -0.382. The number of benzene rings is 1. The molecule has 0 N–H and O–H groups in total. The number of methoxy groups -OCH3 is 1. The minimum absolute atomic E-state index is 0.382. The SMILES string of the molecule is COC(=O)c1ccc2c(c1)nc(-c1cnn(C)c1)c1ccncc12. The van der Waals surface area contributed by atoms with Gasteiger partial charge in [-0.2, -0.15) is 5.10 Å². The van der Waals surface area contributed by atoms with Crippen molar-refractivity contribution in [3.05, 3.63) is 54.6 Å². The summed E-state index contributed by atoms with van der Waals surface area (Å²) in [5, 5.41) is 7.15. The molecule has 0 saturated carbocycles. The van der Waals surface area contributed by atoms with Gasteiger partial charge in [-0.05, 0) is 18.2 Å². The Hall–Kier alpha value is -3.28. The Morgan fingerprint density at radius 1 is 1.12 bits per heavy atom. The van der Waals surface area contributed by atoms with Crippen LogP contribution in [0, 0.1) is 0 Å². The van der Waals surface area contributed by atoms with Gasteiger partial charge in [0.15, 0.2) is 0 Å². The molecule has 0 amide bonds. The Balaban J connectivity index is 2.07. The third-order valence-corrected chi connectivity index (χ3v) is 4.00. The van der Waals surface area contributed by atoms with Crippen LogP contribution in [-0.2, 0) is 11.8 Å². The van der Waals surface area contributed by atoms with Crippen molar-refractivity contribution in [2.45, 2.75) is 0 Å². The molecule has 0 fully saturated rings. The van der Waals surface area contributed by atoms with Crippen LogP contribution in [0.1, 0.15) is 10.4 Å². The van der Waals surface area contributed by atoms with Gasteiger partial charge >= 0.3 is 5.97 Å². The van der Waals surface area contributed by atoms with Crippen molar-refractivity contribution in [1.29, 1.82) is 0 Å². The number of aromatic nitrogens is 4. The van der Waals surface area contributed by atoms with E-state index in [1.54, 1.807) is 29.2 Å². The largest absolute Gasteiger partial charge is 0.465 e. The standard InChI is InChI=1S/C18H14N4O2/c1-22-10-12(8-20-22)17-14-5-6-19-9-15(14)13-4-3-11(18(23)24-2)7-16(13)21-17/h3-10H,1-2H3. The molecule has 6 nitrogen and oxygen atoms in total. The number of carbonyl (C=O) groups is 1. The van der Waals surface area contributed by atoms with Crippen LogP contribution < -0.4 is 0 Å². The molecule has 1 aromatic carbocycles. The molecule has 0 aliphatic carbocycles. The second-order valence-corrected chi connectivity index (χ2v) is 5.51. The summed E-state index contributed by atoms with van der Waals surface area (Å²) in [6.45, 7) is 0. The van der Waals surface area contributed by atoms with Gasteiger partial charge in [0.1, 0.15) is 0 Å². The summed E-state index contributed by atoms with van der Waals surface area (Å²) in [6.07, 6.45) is 7.26. The van der Waals surface area contributed by atoms with E-state index in [9.17, 15) is 4.79 Å². The van der Waals surface area contributed by atoms with Gasteiger partial charge in [0.2, 0.25) is 0 Å². The van der Waals surface area contributed by atoms with Crippen molar-refractivity contribution in [2.75, 3.05) is 7.11 Å². The molecule has 118 valence electrons. The van der Waals surface area contributed by atoms with Gasteiger partial charge in [-0.25, -0.2) is 9.78 Å². The number of esters is 1. The zero-order valence-electron chi connectivity index (χ0n) is 13.2. The molecule has 0 atom stereocenters. The molecule has 4 rings (SSSR count). The average Bonchev–Trinajstić information content (AvgIpc) is 3.06. The molecule has 0 spiro atoms. The number of nitrogens with zero attached hydrogens (tertiary/aromatic N) is 4. The highest BCUT2D eigenvalue weighted by Crippen LogP contribution is 2.32. The molecule has 0 radical (unpaired) electrons. The molecule has 0 aliphatic heterocycles. The quantitative estimate of drug-likeness (QED) is 0.420. The third-order valence-electron chi connectivity index (χ3n) is 4.00. The average molecular weight is 318 g/mol. The number of hydrogen-bond donors (Lipinski definition) is 0. The van der Waals surface area contributed by atoms with Crippen molar-refractivity contribution in [2.24, 2.45) is 7.05 Å². The van der Waals surface area contributed by atoms with Crippen LogP contribution in [0.4, 0.5) is 0 Å². The van der Waals surface area contributed by atoms with Gasteiger partial charge in [0.05, 0.1) is 30.1 Å². The van der Waals surface area contributed by atoms with E-state index in [0.717, 1.165) is 32.9 Å². The van der Waals surface area contributed by atoms with Crippen LogP contribution >= 0.6 is 0 Å². The van der Waals surface area contributed by atoms with E-state index in [0.29, 0.717) is 5.56 Å². The molecule has 6 heteroatoms. The molecule has 24 heavy (non-hydrogen) atoms. The van der Waals surface area contributed by atoms with E-state index < -0.39 is 0 Å². The molecule has 0 aliphatic rings. The van der Waals surface area contributed by atoms with Crippen molar-refractivity contribution in [3.63, 3.8) is 0 Å². The van der Waals surface area contributed by atoms with Crippen molar-refractivity contribution in [3.8, 4) is 11.3 Å². The van der Waals surface area contributed by atoms with E-state index in [4.69, 9.17) is 9.72 Å². The lowest BCUT2D eigenvalue weighted by Gasteiger charge is -2.09. The van der Waals surface area contributed by atoms with Crippen molar-refractivity contribution < 1.29 is 9.53 Å². The van der Waals surface area contributed by atoms with Crippen LogP contribution in [0.3, 0.4) is 0 Å². The van der Waals surface area contributed by atoms with Crippen molar-refractivity contribution in [1.82, 2.24) is 19.7 Å². The molecule has 4 aromatic rings. The first kappa shape index (κ1) is 14.3. The van der Waals surface area contributed by atoms with Gasteiger partial charge in [0, 0.05) is 47.4 Å². The minimum atomic E-state index is -0.382. The predicted octanol–water partition coefficient (Wildman–Crippen LogP) is 2.97. The monoisotopic (exact) mass is 318 g/mol. The highest BCUT2D eigenvalue weighted by atomic mass is 16.5. The summed E-state index contributed by atoms with van der Waals surface area (Å²) in [4.78, 5) is 20.8.